The van der Waals surface area contributed by atoms with Crippen LogP contribution in [-0.4, -0.2) is 31.3 Å². The van der Waals surface area contributed by atoms with Gasteiger partial charge < -0.3 is 11.5 Å². The van der Waals surface area contributed by atoms with Crippen LogP contribution in [0.5, 0.6) is 0 Å². The standard InChI is InChI=1S/C3H10N2O3S/c4-1-3(5)2-9(6,7)8/h3H,1-2,4-5H2,(H,6,7,8). The molecule has 0 heterocycles. The van der Waals surface area contributed by atoms with Gasteiger partial charge in [-0.25, -0.2) is 0 Å². The fourth-order valence-electron chi connectivity index (χ4n) is 0.339. The van der Waals surface area contributed by atoms with E-state index < -0.39 is 21.9 Å². The van der Waals surface area contributed by atoms with Crippen molar-refractivity contribution in [2.45, 2.75) is 6.04 Å². The summed E-state index contributed by atoms with van der Waals surface area (Å²) < 4.78 is 28.2. The van der Waals surface area contributed by atoms with Crippen molar-refractivity contribution >= 4 is 10.1 Å². The summed E-state index contributed by atoms with van der Waals surface area (Å²) in [4.78, 5) is 0. The highest BCUT2D eigenvalue weighted by Crippen LogP contribution is 1.83. The first-order chi connectivity index (χ1) is 3.95. The highest BCUT2D eigenvalue weighted by atomic mass is 32.2. The summed E-state index contributed by atoms with van der Waals surface area (Å²) in [5, 5.41) is 0. The molecular formula is C3H10N2O3S. The van der Waals surface area contributed by atoms with Crippen LogP contribution in [0.1, 0.15) is 0 Å². The van der Waals surface area contributed by atoms with E-state index in [0.29, 0.717) is 0 Å². The molecule has 0 amide bonds. The monoisotopic (exact) mass is 154 g/mol. The Morgan fingerprint density at radius 2 is 2.00 bits per heavy atom. The van der Waals surface area contributed by atoms with E-state index in [1.807, 2.05) is 0 Å². The molecule has 6 heteroatoms. The van der Waals surface area contributed by atoms with E-state index in [1.165, 1.54) is 0 Å². The largest absolute Gasteiger partial charge is 0.329 e. The van der Waals surface area contributed by atoms with Crippen molar-refractivity contribution in [2.24, 2.45) is 11.5 Å². The lowest BCUT2D eigenvalue weighted by molar-refractivity contribution is 0.477. The maximum atomic E-state index is 10.0. The summed E-state index contributed by atoms with van der Waals surface area (Å²) >= 11 is 0. The van der Waals surface area contributed by atoms with E-state index in [0.717, 1.165) is 0 Å². The number of hydrogen-bond donors (Lipinski definition) is 3. The van der Waals surface area contributed by atoms with Gasteiger partial charge in [-0.05, 0) is 0 Å². The van der Waals surface area contributed by atoms with Gasteiger partial charge in [0.2, 0.25) is 0 Å². The van der Waals surface area contributed by atoms with Crippen LogP contribution in [0.3, 0.4) is 0 Å². The minimum atomic E-state index is -3.94. The maximum Gasteiger partial charge on any atom is 0.266 e. The minimum Gasteiger partial charge on any atom is -0.329 e. The first-order valence-corrected chi connectivity index (χ1v) is 3.97. The van der Waals surface area contributed by atoms with Crippen LogP contribution >= 0.6 is 0 Å². The lowest BCUT2D eigenvalue weighted by Gasteiger charge is -2.03. The molecular weight excluding hydrogens is 144 g/mol. The molecule has 0 aromatic rings. The first kappa shape index (κ1) is 8.83. The van der Waals surface area contributed by atoms with E-state index in [4.69, 9.17) is 16.0 Å². The molecule has 0 rings (SSSR count). The zero-order chi connectivity index (χ0) is 7.49. The van der Waals surface area contributed by atoms with Gasteiger partial charge in [0.25, 0.3) is 10.1 Å². The maximum absolute atomic E-state index is 10.0. The summed E-state index contributed by atoms with van der Waals surface area (Å²) in [7, 11) is -3.94. The van der Waals surface area contributed by atoms with Gasteiger partial charge in [-0.2, -0.15) is 8.42 Å². The van der Waals surface area contributed by atoms with Gasteiger partial charge in [0.05, 0.1) is 5.75 Å². The summed E-state index contributed by atoms with van der Waals surface area (Å²) in [5.74, 6) is -0.469. The second-order valence-electron chi connectivity index (χ2n) is 1.74. The Morgan fingerprint density at radius 1 is 1.56 bits per heavy atom. The van der Waals surface area contributed by atoms with Gasteiger partial charge in [0.15, 0.2) is 0 Å². The molecule has 0 aromatic heterocycles. The topological polar surface area (TPSA) is 106 Å². The van der Waals surface area contributed by atoms with E-state index in [9.17, 15) is 8.42 Å². The van der Waals surface area contributed by atoms with Gasteiger partial charge >= 0.3 is 0 Å². The lowest BCUT2D eigenvalue weighted by Crippen LogP contribution is -2.36. The first-order valence-electron chi connectivity index (χ1n) is 2.36. The van der Waals surface area contributed by atoms with Gasteiger partial charge in [0.1, 0.15) is 0 Å². The molecule has 0 bridgehead atoms. The highest BCUT2D eigenvalue weighted by Gasteiger charge is 2.09. The Morgan fingerprint density at radius 3 is 2.11 bits per heavy atom. The van der Waals surface area contributed by atoms with E-state index in [1.54, 1.807) is 0 Å². The molecule has 0 saturated carbocycles. The number of hydrogen-bond acceptors (Lipinski definition) is 4. The molecule has 0 aliphatic carbocycles. The Bertz CT molecular complexity index is 164. The van der Waals surface area contributed by atoms with Gasteiger partial charge in [-0.1, -0.05) is 0 Å². The van der Waals surface area contributed by atoms with E-state index in [2.05, 4.69) is 0 Å². The number of nitrogens with two attached hydrogens (primary N) is 2. The Kier molecular flexibility index (Phi) is 3.06. The second-order valence-corrected chi connectivity index (χ2v) is 3.24. The predicted octanol–water partition coefficient (Wildman–Crippen LogP) is -1.84. The van der Waals surface area contributed by atoms with Crippen LogP contribution in [0.15, 0.2) is 0 Å². The van der Waals surface area contributed by atoms with Gasteiger partial charge in [-0.15, -0.1) is 0 Å². The molecule has 1 atom stereocenters. The van der Waals surface area contributed by atoms with Crippen LogP contribution in [0.4, 0.5) is 0 Å². The van der Waals surface area contributed by atoms with Crippen molar-refractivity contribution in [3.05, 3.63) is 0 Å². The second kappa shape index (κ2) is 3.11. The fourth-order valence-corrected chi connectivity index (χ4v) is 1.02. The molecule has 0 aliphatic heterocycles. The smallest absolute Gasteiger partial charge is 0.266 e. The zero-order valence-electron chi connectivity index (χ0n) is 4.82. The molecule has 0 radical (unpaired) electrons. The molecule has 56 valence electrons. The van der Waals surface area contributed by atoms with Crippen molar-refractivity contribution in [3.8, 4) is 0 Å². The van der Waals surface area contributed by atoms with Crippen molar-refractivity contribution in [1.82, 2.24) is 0 Å². The molecule has 1 unspecified atom stereocenters. The van der Waals surface area contributed by atoms with Crippen LogP contribution in [-0.2, 0) is 10.1 Å². The normalized spacial score (nSPS) is 15.4. The molecule has 0 fully saturated rings. The Hall–Kier alpha value is -0.170. The van der Waals surface area contributed by atoms with E-state index >= 15 is 0 Å². The van der Waals surface area contributed by atoms with E-state index in [-0.39, 0.29) is 6.54 Å². The van der Waals surface area contributed by atoms with Crippen LogP contribution in [0.25, 0.3) is 0 Å². The summed E-state index contributed by atoms with van der Waals surface area (Å²) in [6, 6.07) is -0.667. The van der Waals surface area contributed by atoms with Gasteiger partial charge in [0, 0.05) is 12.6 Å². The average Bonchev–Trinajstić information content (AvgIpc) is 1.62. The summed E-state index contributed by atoms with van der Waals surface area (Å²) in [6.45, 7) is 0.0553. The molecule has 0 aliphatic rings. The van der Waals surface area contributed by atoms with Crippen LogP contribution in [0, 0.1) is 0 Å². The quantitative estimate of drug-likeness (QED) is 0.414. The third-order valence-corrected chi connectivity index (χ3v) is 1.58. The fraction of sp³-hybridized carbons (Fsp3) is 1.00. The van der Waals surface area contributed by atoms with Crippen molar-refractivity contribution in [3.63, 3.8) is 0 Å². The third kappa shape index (κ3) is 5.71. The third-order valence-electron chi connectivity index (χ3n) is 0.727. The molecule has 9 heavy (non-hydrogen) atoms. The molecule has 0 saturated heterocycles. The Labute approximate surface area is 53.8 Å². The zero-order valence-corrected chi connectivity index (χ0v) is 5.63. The SMILES string of the molecule is NCC(N)CS(=O)(=O)O. The van der Waals surface area contributed by atoms with Crippen LogP contribution in [0.2, 0.25) is 0 Å². The van der Waals surface area contributed by atoms with Crippen molar-refractivity contribution < 1.29 is 13.0 Å². The molecule has 5 nitrogen and oxygen atoms in total. The summed E-state index contributed by atoms with van der Waals surface area (Å²) in [5.41, 5.74) is 10.1. The van der Waals surface area contributed by atoms with Crippen LogP contribution < -0.4 is 11.5 Å². The highest BCUT2D eigenvalue weighted by molar-refractivity contribution is 7.85. The van der Waals surface area contributed by atoms with Crippen molar-refractivity contribution in [1.29, 1.82) is 0 Å². The predicted molar refractivity (Wildman–Crippen MR) is 33.4 cm³/mol. The van der Waals surface area contributed by atoms with Gasteiger partial charge in [-0.3, -0.25) is 4.55 Å². The Balaban J connectivity index is 3.75. The minimum absolute atomic E-state index is 0.0553. The number of rotatable bonds is 3. The lowest BCUT2D eigenvalue weighted by atomic mass is 10.4. The summed E-state index contributed by atoms with van der Waals surface area (Å²) in [6.07, 6.45) is 0. The molecule has 0 aromatic carbocycles. The average molecular weight is 154 g/mol. The molecule has 5 N–H and O–H groups in total. The molecule has 0 spiro atoms. The van der Waals surface area contributed by atoms with Crippen molar-refractivity contribution in [2.75, 3.05) is 12.3 Å².